The first-order valence-electron chi connectivity index (χ1n) is 9.49. The molecule has 1 aromatic carbocycles. The number of aliphatic imine (C=N–C) groups is 1. The SMILES string of the molecule is CN=C(NCCCC(=O)N1CCc2ccccc2C1)NCc1sccc1C. The lowest BCUT2D eigenvalue weighted by molar-refractivity contribution is -0.132. The fourth-order valence-corrected chi connectivity index (χ4v) is 4.13. The van der Waals surface area contributed by atoms with Gasteiger partial charge in [0.1, 0.15) is 0 Å². The van der Waals surface area contributed by atoms with E-state index in [9.17, 15) is 4.79 Å². The van der Waals surface area contributed by atoms with Crippen LogP contribution in [0.3, 0.4) is 0 Å². The molecule has 144 valence electrons. The van der Waals surface area contributed by atoms with E-state index >= 15 is 0 Å². The van der Waals surface area contributed by atoms with Gasteiger partial charge in [0.15, 0.2) is 5.96 Å². The van der Waals surface area contributed by atoms with E-state index in [2.05, 4.69) is 52.2 Å². The van der Waals surface area contributed by atoms with Crippen LogP contribution in [0.5, 0.6) is 0 Å². The quantitative estimate of drug-likeness (QED) is 0.457. The van der Waals surface area contributed by atoms with Gasteiger partial charge in [-0.3, -0.25) is 9.79 Å². The molecule has 27 heavy (non-hydrogen) atoms. The summed E-state index contributed by atoms with van der Waals surface area (Å²) < 4.78 is 0. The fraction of sp³-hybridized carbons (Fsp3) is 0.429. The van der Waals surface area contributed by atoms with Crippen LogP contribution in [-0.2, 0) is 24.3 Å². The predicted octanol–water partition coefficient (Wildman–Crippen LogP) is 3.09. The predicted molar refractivity (Wildman–Crippen MR) is 112 cm³/mol. The van der Waals surface area contributed by atoms with Crippen LogP contribution in [0, 0.1) is 6.92 Å². The molecule has 1 aromatic heterocycles. The Morgan fingerprint density at radius 2 is 2.04 bits per heavy atom. The first-order valence-corrected chi connectivity index (χ1v) is 10.4. The standard InChI is InChI=1S/C21H28N4OS/c1-16-10-13-27-19(16)14-24-21(22-2)23-11-5-8-20(26)25-12-9-17-6-3-4-7-18(17)15-25/h3-4,6-7,10,13H,5,8-9,11-12,14-15H2,1-2H3,(H2,22,23,24). The van der Waals surface area contributed by atoms with E-state index in [1.807, 2.05) is 11.0 Å². The van der Waals surface area contributed by atoms with Crippen molar-refractivity contribution in [3.63, 3.8) is 0 Å². The number of nitrogens with one attached hydrogen (secondary N) is 2. The lowest BCUT2D eigenvalue weighted by Gasteiger charge is -2.29. The number of benzene rings is 1. The molecule has 6 heteroatoms. The van der Waals surface area contributed by atoms with Crippen molar-refractivity contribution in [2.45, 2.75) is 39.3 Å². The number of nitrogens with zero attached hydrogens (tertiary/aromatic N) is 2. The van der Waals surface area contributed by atoms with Crippen molar-refractivity contribution >= 4 is 23.2 Å². The lowest BCUT2D eigenvalue weighted by atomic mass is 9.99. The van der Waals surface area contributed by atoms with Gasteiger partial charge in [-0.25, -0.2) is 0 Å². The first kappa shape index (κ1) is 19.4. The fourth-order valence-electron chi connectivity index (χ4n) is 3.28. The highest BCUT2D eigenvalue weighted by Gasteiger charge is 2.19. The molecule has 1 aliphatic heterocycles. The summed E-state index contributed by atoms with van der Waals surface area (Å²) in [7, 11) is 1.77. The third-order valence-corrected chi connectivity index (χ3v) is 5.97. The molecule has 2 N–H and O–H groups in total. The van der Waals surface area contributed by atoms with Gasteiger partial charge in [0.2, 0.25) is 5.91 Å². The van der Waals surface area contributed by atoms with E-state index in [1.54, 1.807) is 18.4 Å². The molecule has 0 saturated heterocycles. The molecule has 0 unspecified atom stereocenters. The Morgan fingerprint density at radius 3 is 2.78 bits per heavy atom. The van der Waals surface area contributed by atoms with Crippen molar-refractivity contribution < 1.29 is 4.79 Å². The summed E-state index contributed by atoms with van der Waals surface area (Å²) in [6.45, 7) is 5.20. The third kappa shape index (κ3) is 5.32. The van der Waals surface area contributed by atoms with Crippen LogP contribution in [0.15, 0.2) is 40.7 Å². The average Bonchev–Trinajstić information content (AvgIpc) is 3.11. The molecular weight excluding hydrogens is 356 g/mol. The molecule has 0 radical (unpaired) electrons. The van der Waals surface area contributed by atoms with Crippen molar-refractivity contribution in [3.05, 3.63) is 57.3 Å². The van der Waals surface area contributed by atoms with Crippen molar-refractivity contribution in [1.82, 2.24) is 15.5 Å². The van der Waals surface area contributed by atoms with Gasteiger partial charge in [0, 0.05) is 38.0 Å². The summed E-state index contributed by atoms with van der Waals surface area (Å²) >= 11 is 1.75. The highest BCUT2D eigenvalue weighted by molar-refractivity contribution is 7.10. The number of guanidine groups is 1. The Kier molecular flexibility index (Phi) is 6.87. The summed E-state index contributed by atoms with van der Waals surface area (Å²) in [4.78, 5) is 20.0. The molecule has 0 aliphatic carbocycles. The lowest BCUT2D eigenvalue weighted by Crippen LogP contribution is -2.38. The van der Waals surface area contributed by atoms with Gasteiger partial charge in [-0.05, 0) is 47.9 Å². The minimum atomic E-state index is 0.239. The van der Waals surface area contributed by atoms with E-state index in [-0.39, 0.29) is 5.91 Å². The zero-order valence-electron chi connectivity index (χ0n) is 16.1. The van der Waals surface area contributed by atoms with Gasteiger partial charge in [0.05, 0.1) is 6.54 Å². The molecule has 0 fully saturated rings. The van der Waals surface area contributed by atoms with Crippen LogP contribution in [0.2, 0.25) is 0 Å². The Labute approximate surface area is 165 Å². The smallest absolute Gasteiger partial charge is 0.222 e. The van der Waals surface area contributed by atoms with Gasteiger partial charge < -0.3 is 15.5 Å². The number of carbonyl (C=O) groups is 1. The summed E-state index contributed by atoms with van der Waals surface area (Å²) in [6.07, 6.45) is 2.32. The zero-order valence-corrected chi connectivity index (χ0v) is 16.9. The van der Waals surface area contributed by atoms with Gasteiger partial charge >= 0.3 is 0 Å². The molecule has 2 aromatic rings. The second kappa shape index (κ2) is 9.55. The van der Waals surface area contributed by atoms with Crippen LogP contribution in [0.1, 0.15) is 34.4 Å². The van der Waals surface area contributed by atoms with Crippen LogP contribution in [0.4, 0.5) is 0 Å². The van der Waals surface area contributed by atoms with Gasteiger partial charge in [-0.15, -0.1) is 11.3 Å². The minimum Gasteiger partial charge on any atom is -0.356 e. The van der Waals surface area contributed by atoms with Gasteiger partial charge in [0.25, 0.3) is 0 Å². The van der Waals surface area contributed by atoms with Crippen molar-refractivity contribution in [2.24, 2.45) is 4.99 Å². The van der Waals surface area contributed by atoms with E-state index < -0.39 is 0 Å². The van der Waals surface area contributed by atoms with Crippen LogP contribution >= 0.6 is 11.3 Å². The first-order chi connectivity index (χ1) is 13.2. The van der Waals surface area contributed by atoms with E-state index in [0.717, 1.165) is 45.0 Å². The zero-order chi connectivity index (χ0) is 19.1. The minimum absolute atomic E-state index is 0.239. The number of fused-ring (bicyclic) bond motifs is 1. The number of thiophene rings is 1. The maximum Gasteiger partial charge on any atom is 0.222 e. The molecule has 2 heterocycles. The Bertz CT molecular complexity index is 799. The van der Waals surface area contributed by atoms with Crippen molar-refractivity contribution in [1.29, 1.82) is 0 Å². The number of aryl methyl sites for hydroxylation is 1. The van der Waals surface area contributed by atoms with Crippen LogP contribution in [-0.4, -0.2) is 36.9 Å². The molecule has 0 saturated carbocycles. The average molecular weight is 385 g/mol. The molecule has 0 bridgehead atoms. The second-order valence-corrected chi connectivity index (χ2v) is 7.82. The Hall–Kier alpha value is -2.34. The molecule has 0 spiro atoms. The topological polar surface area (TPSA) is 56.7 Å². The molecule has 1 aliphatic rings. The molecule has 1 amide bonds. The van der Waals surface area contributed by atoms with Crippen molar-refractivity contribution in [3.8, 4) is 0 Å². The monoisotopic (exact) mass is 384 g/mol. The Morgan fingerprint density at radius 1 is 1.22 bits per heavy atom. The molecular formula is C21H28N4OS. The number of amides is 1. The van der Waals surface area contributed by atoms with E-state index in [4.69, 9.17) is 0 Å². The number of hydrogen-bond donors (Lipinski definition) is 2. The van der Waals surface area contributed by atoms with Crippen molar-refractivity contribution in [2.75, 3.05) is 20.1 Å². The van der Waals surface area contributed by atoms with Crippen LogP contribution < -0.4 is 10.6 Å². The van der Waals surface area contributed by atoms with E-state index in [0.29, 0.717) is 6.42 Å². The third-order valence-electron chi connectivity index (χ3n) is 4.95. The van der Waals surface area contributed by atoms with Gasteiger partial charge in [-0.1, -0.05) is 24.3 Å². The maximum absolute atomic E-state index is 12.5. The number of hydrogen-bond acceptors (Lipinski definition) is 3. The summed E-state index contributed by atoms with van der Waals surface area (Å²) in [5.74, 6) is 1.02. The molecule has 5 nitrogen and oxygen atoms in total. The Balaban J connectivity index is 1.37. The molecule has 3 rings (SSSR count). The van der Waals surface area contributed by atoms with Gasteiger partial charge in [-0.2, -0.15) is 0 Å². The number of rotatable bonds is 6. The summed E-state index contributed by atoms with van der Waals surface area (Å²) in [6, 6.07) is 10.5. The van der Waals surface area contributed by atoms with Crippen LogP contribution in [0.25, 0.3) is 0 Å². The molecule has 0 atom stereocenters. The van der Waals surface area contributed by atoms with E-state index in [1.165, 1.54) is 21.6 Å². The highest BCUT2D eigenvalue weighted by atomic mass is 32.1. The summed E-state index contributed by atoms with van der Waals surface area (Å²) in [5.41, 5.74) is 3.96. The normalized spacial score (nSPS) is 14.0. The second-order valence-electron chi connectivity index (χ2n) is 6.82. The summed E-state index contributed by atoms with van der Waals surface area (Å²) in [5, 5.41) is 8.73. The number of carbonyl (C=O) groups excluding carboxylic acids is 1. The highest BCUT2D eigenvalue weighted by Crippen LogP contribution is 2.19. The largest absolute Gasteiger partial charge is 0.356 e. The maximum atomic E-state index is 12.5.